The minimum absolute atomic E-state index is 0. The molecule has 1 radical (unpaired) electrons. The summed E-state index contributed by atoms with van der Waals surface area (Å²) in [4.78, 5) is 8.88. The molecule has 0 amide bonds. The molecule has 0 saturated carbocycles. The van der Waals surface area contributed by atoms with Crippen LogP contribution in [0.15, 0.2) is 89.6 Å². The molecular weight excluding hydrogens is 597 g/mol. The molecule has 0 aliphatic heterocycles. The fourth-order valence-corrected chi connectivity index (χ4v) is 4.33. The van der Waals surface area contributed by atoms with E-state index in [9.17, 15) is 0 Å². The molecule has 0 N–H and O–H groups in total. The minimum Gasteiger partial charge on any atom is -0.476 e. The third-order valence-electron chi connectivity index (χ3n) is 5.95. The summed E-state index contributed by atoms with van der Waals surface area (Å²) in [6.45, 7) is 4.10. The smallest absolute Gasteiger partial charge is 0.124 e. The number of hydrogen-bond acceptors (Lipinski definition) is 3. The Morgan fingerprint density at radius 3 is 2.35 bits per heavy atom. The normalized spacial score (nSPS) is 11.0. The van der Waals surface area contributed by atoms with Gasteiger partial charge in [-0.3, -0.25) is 0 Å². The van der Waals surface area contributed by atoms with Crippen molar-refractivity contribution < 1.29 is 24.5 Å². The predicted octanol–water partition coefficient (Wildman–Crippen LogP) is 7.69. The molecule has 34 heavy (non-hydrogen) atoms. The van der Waals surface area contributed by atoms with Gasteiger partial charge in [0.2, 0.25) is 0 Å². The van der Waals surface area contributed by atoms with Crippen LogP contribution >= 0.6 is 0 Å². The average Bonchev–Trinajstić information content (AvgIpc) is 3.25. The van der Waals surface area contributed by atoms with Gasteiger partial charge in [-0.2, -0.15) is 0 Å². The fourth-order valence-electron chi connectivity index (χ4n) is 4.33. The van der Waals surface area contributed by atoms with Gasteiger partial charge in [-0.25, -0.2) is 0 Å². The Bertz CT molecular complexity index is 1590. The van der Waals surface area contributed by atoms with Gasteiger partial charge < -0.3 is 14.4 Å². The van der Waals surface area contributed by atoms with Gasteiger partial charge >= 0.3 is 0 Å². The summed E-state index contributed by atoms with van der Waals surface area (Å²) < 4.78 is 5.94. The first-order chi connectivity index (χ1) is 16.2. The molecule has 3 heterocycles. The van der Waals surface area contributed by atoms with Crippen LogP contribution < -0.4 is 0 Å². The van der Waals surface area contributed by atoms with E-state index in [1.54, 1.807) is 0 Å². The van der Waals surface area contributed by atoms with Crippen molar-refractivity contribution in [3.8, 4) is 11.3 Å². The Morgan fingerprint density at radius 1 is 0.735 bits per heavy atom. The van der Waals surface area contributed by atoms with Gasteiger partial charge in [0.1, 0.15) is 5.58 Å². The topological polar surface area (TPSA) is 38.9 Å². The van der Waals surface area contributed by atoms with Crippen molar-refractivity contribution in [3.63, 3.8) is 0 Å². The van der Waals surface area contributed by atoms with Crippen LogP contribution in [0, 0.1) is 26.0 Å². The summed E-state index contributed by atoms with van der Waals surface area (Å²) in [5.41, 5.74) is 7.28. The molecule has 0 fully saturated rings. The molecule has 3 aromatic heterocycles. The summed E-state index contributed by atoms with van der Waals surface area (Å²) in [7, 11) is 0. The first-order valence-corrected chi connectivity index (χ1v) is 10.9. The standard InChI is InChI=1S/C17H8NO.C13H12N.Ir/c1-4-10-11-6-3-9-18-17(11)12-5-2-8-14-16(12)15(10)13(7-1)19-14;1-10-3-6-12(7-4-10)13-8-5-11(2)9-14-13;/h1-4,6-9H;3-6,8-9H,1-2H3;/q2*-1;. The maximum absolute atomic E-state index is 5.94. The third kappa shape index (κ3) is 3.75. The van der Waals surface area contributed by atoms with E-state index in [0.717, 1.165) is 44.1 Å². The molecule has 3 nitrogen and oxygen atoms in total. The van der Waals surface area contributed by atoms with Crippen molar-refractivity contribution in [1.29, 1.82) is 0 Å². The second-order valence-corrected chi connectivity index (χ2v) is 8.27. The summed E-state index contributed by atoms with van der Waals surface area (Å²) in [6, 6.07) is 30.9. The van der Waals surface area contributed by atoms with E-state index in [2.05, 4.69) is 53.3 Å². The molecule has 0 atom stereocenters. The molecule has 0 unspecified atom stereocenters. The summed E-state index contributed by atoms with van der Waals surface area (Å²) in [5, 5.41) is 5.73. The average molecular weight is 617 g/mol. The van der Waals surface area contributed by atoms with E-state index in [1.165, 1.54) is 21.9 Å². The SMILES string of the molecule is Cc1c[c-]c(-c2ccc(C)cn2)cc1.[Ir].[c-]1ccc2oc3cccc4c5cccnc5c1c2c34. The van der Waals surface area contributed by atoms with Crippen LogP contribution in [0.25, 0.3) is 54.9 Å². The van der Waals surface area contributed by atoms with Crippen molar-refractivity contribution in [2.24, 2.45) is 0 Å². The largest absolute Gasteiger partial charge is 0.476 e. The molecule has 4 heteroatoms. The number of aromatic nitrogens is 2. The zero-order valence-corrected chi connectivity index (χ0v) is 21.1. The van der Waals surface area contributed by atoms with Crippen LogP contribution in [0.5, 0.6) is 0 Å². The van der Waals surface area contributed by atoms with Crippen molar-refractivity contribution in [1.82, 2.24) is 9.97 Å². The minimum atomic E-state index is 0. The van der Waals surface area contributed by atoms with E-state index in [-0.39, 0.29) is 20.1 Å². The fraction of sp³-hybridized carbons (Fsp3) is 0.0667. The summed E-state index contributed by atoms with van der Waals surface area (Å²) in [6.07, 6.45) is 3.71. The zero-order valence-electron chi connectivity index (χ0n) is 18.7. The quantitative estimate of drug-likeness (QED) is 0.140. The van der Waals surface area contributed by atoms with Crippen LogP contribution in [-0.4, -0.2) is 9.97 Å². The van der Waals surface area contributed by atoms with Gasteiger partial charge in [-0.05, 0) is 52.0 Å². The maximum Gasteiger partial charge on any atom is 0.124 e. The molecular formula is C30H20IrN2O-2. The van der Waals surface area contributed by atoms with Crippen molar-refractivity contribution in [2.75, 3.05) is 0 Å². The monoisotopic (exact) mass is 617 g/mol. The maximum atomic E-state index is 5.94. The van der Waals surface area contributed by atoms with Gasteiger partial charge in [-0.15, -0.1) is 52.9 Å². The number of rotatable bonds is 1. The summed E-state index contributed by atoms with van der Waals surface area (Å²) in [5.74, 6) is 0. The number of furan rings is 1. The second-order valence-electron chi connectivity index (χ2n) is 8.27. The molecule has 0 saturated heterocycles. The number of benzene rings is 4. The molecule has 0 aliphatic rings. The third-order valence-corrected chi connectivity index (χ3v) is 5.95. The van der Waals surface area contributed by atoms with E-state index in [4.69, 9.17) is 4.42 Å². The molecule has 0 spiro atoms. The first kappa shape index (κ1) is 22.2. The van der Waals surface area contributed by atoms with Gasteiger partial charge in [-0.1, -0.05) is 48.7 Å². The van der Waals surface area contributed by atoms with Crippen molar-refractivity contribution >= 4 is 43.6 Å². The van der Waals surface area contributed by atoms with Crippen molar-refractivity contribution in [3.05, 3.63) is 108 Å². The Hall–Kier alpha value is -3.59. The van der Waals surface area contributed by atoms with Crippen LogP contribution in [0.4, 0.5) is 0 Å². The van der Waals surface area contributed by atoms with Crippen LogP contribution in [0.3, 0.4) is 0 Å². The zero-order chi connectivity index (χ0) is 22.4. The first-order valence-electron chi connectivity index (χ1n) is 10.9. The Labute approximate surface area is 211 Å². The Balaban J connectivity index is 0.000000145. The number of hydrogen-bond donors (Lipinski definition) is 0. The van der Waals surface area contributed by atoms with Crippen molar-refractivity contribution in [2.45, 2.75) is 13.8 Å². The van der Waals surface area contributed by atoms with Gasteiger partial charge in [0, 0.05) is 32.5 Å². The molecule has 0 bridgehead atoms. The van der Waals surface area contributed by atoms with Gasteiger partial charge in [0.25, 0.3) is 0 Å². The number of pyridine rings is 2. The molecule has 167 valence electrons. The van der Waals surface area contributed by atoms with Gasteiger partial charge in [0.15, 0.2) is 0 Å². The molecule has 0 aliphatic carbocycles. The van der Waals surface area contributed by atoms with Crippen LogP contribution in [-0.2, 0) is 20.1 Å². The van der Waals surface area contributed by atoms with E-state index in [0.29, 0.717) is 0 Å². The van der Waals surface area contributed by atoms with Crippen LogP contribution in [0.1, 0.15) is 11.1 Å². The molecule has 7 aromatic rings. The predicted molar refractivity (Wildman–Crippen MR) is 135 cm³/mol. The Kier molecular flexibility index (Phi) is 5.87. The number of fused-ring (bicyclic) bond motifs is 3. The van der Waals surface area contributed by atoms with E-state index >= 15 is 0 Å². The summed E-state index contributed by atoms with van der Waals surface area (Å²) >= 11 is 0. The Morgan fingerprint density at radius 2 is 1.56 bits per heavy atom. The number of aryl methyl sites for hydroxylation is 2. The van der Waals surface area contributed by atoms with Gasteiger partial charge in [0.05, 0.1) is 5.58 Å². The van der Waals surface area contributed by atoms with E-state index in [1.807, 2.05) is 67.8 Å². The molecule has 7 rings (SSSR count). The second kappa shape index (κ2) is 8.98. The van der Waals surface area contributed by atoms with Crippen LogP contribution in [0.2, 0.25) is 0 Å². The van der Waals surface area contributed by atoms with E-state index < -0.39 is 0 Å². The number of nitrogens with zero attached hydrogens (tertiary/aromatic N) is 2. The molecule has 4 aromatic carbocycles.